The minimum atomic E-state index is -3.16. The van der Waals surface area contributed by atoms with E-state index in [1.807, 2.05) is 19.2 Å². The lowest BCUT2D eigenvalue weighted by molar-refractivity contribution is 0.601. The Hall–Kier alpha value is -2.59. The molecule has 0 unspecified atom stereocenters. The van der Waals surface area contributed by atoms with Crippen LogP contribution in [0.5, 0.6) is 0 Å². The first-order chi connectivity index (χ1) is 10.3. The Labute approximate surface area is 130 Å². The molecule has 116 valence electrons. The first-order valence-electron chi connectivity index (χ1n) is 6.38. The highest BCUT2D eigenvalue weighted by Crippen LogP contribution is 2.13. The number of aryl methyl sites for hydroxylation is 1. The van der Waals surface area contributed by atoms with Gasteiger partial charge in [0.15, 0.2) is 9.84 Å². The molecule has 0 aliphatic heterocycles. The van der Waals surface area contributed by atoms with E-state index >= 15 is 0 Å². The van der Waals surface area contributed by atoms with Gasteiger partial charge in [-0.25, -0.2) is 13.4 Å². The summed E-state index contributed by atoms with van der Waals surface area (Å²) in [5.74, 6) is 0.363. The van der Waals surface area contributed by atoms with E-state index in [1.54, 1.807) is 19.1 Å². The van der Waals surface area contributed by atoms with E-state index in [0.717, 1.165) is 11.9 Å². The van der Waals surface area contributed by atoms with Gasteiger partial charge in [0, 0.05) is 25.2 Å². The van der Waals surface area contributed by atoms with Gasteiger partial charge in [-0.15, -0.1) is 0 Å². The van der Waals surface area contributed by atoms with E-state index in [4.69, 9.17) is 11.0 Å². The maximum Gasteiger partial charge on any atom is 0.177 e. The van der Waals surface area contributed by atoms with Crippen LogP contribution in [-0.4, -0.2) is 26.7 Å². The largest absolute Gasteiger partial charge is 0.388 e. The van der Waals surface area contributed by atoms with Crippen LogP contribution in [0, 0.1) is 18.3 Å². The summed E-state index contributed by atoms with van der Waals surface area (Å²) in [7, 11) is -1.31. The molecular formula is C15H18N4O2S. The molecule has 0 aliphatic carbocycles. The fourth-order valence-electron chi connectivity index (χ4n) is 1.47. The van der Waals surface area contributed by atoms with Crippen LogP contribution in [0.15, 0.2) is 41.4 Å². The summed E-state index contributed by atoms with van der Waals surface area (Å²) in [6.07, 6.45) is 2.40. The molecule has 0 fully saturated rings. The minimum Gasteiger partial charge on any atom is -0.388 e. The second-order valence-corrected chi connectivity index (χ2v) is 6.60. The zero-order chi connectivity index (χ0) is 16.8. The molecule has 2 rings (SSSR count). The van der Waals surface area contributed by atoms with E-state index in [1.165, 1.54) is 12.3 Å². The van der Waals surface area contributed by atoms with Crippen LogP contribution in [0.1, 0.15) is 11.1 Å². The SMILES string of the molecule is CNc1ccc(C#N)cc1.Cc1cc(S(C)(=O)=O)cnc1N. The maximum absolute atomic E-state index is 11.0. The number of rotatable bonds is 2. The quantitative estimate of drug-likeness (QED) is 0.876. The molecule has 3 N–H and O–H groups in total. The van der Waals surface area contributed by atoms with Crippen LogP contribution < -0.4 is 11.1 Å². The van der Waals surface area contributed by atoms with E-state index in [-0.39, 0.29) is 4.90 Å². The molecule has 2 aromatic rings. The van der Waals surface area contributed by atoms with Crippen molar-refractivity contribution in [2.24, 2.45) is 0 Å². The molecule has 0 bridgehead atoms. The van der Waals surface area contributed by atoms with Crippen molar-refractivity contribution in [3.8, 4) is 6.07 Å². The number of pyridine rings is 1. The van der Waals surface area contributed by atoms with E-state index < -0.39 is 9.84 Å². The number of nitrogens with zero attached hydrogens (tertiary/aromatic N) is 2. The van der Waals surface area contributed by atoms with Gasteiger partial charge in [0.1, 0.15) is 5.82 Å². The van der Waals surface area contributed by atoms with Gasteiger partial charge >= 0.3 is 0 Å². The zero-order valence-electron chi connectivity index (χ0n) is 12.7. The second-order valence-electron chi connectivity index (χ2n) is 4.58. The summed E-state index contributed by atoms with van der Waals surface area (Å²) in [5, 5.41) is 11.4. The molecule has 6 nitrogen and oxygen atoms in total. The first-order valence-corrected chi connectivity index (χ1v) is 8.27. The fourth-order valence-corrected chi connectivity index (χ4v) is 2.11. The Morgan fingerprint density at radius 2 is 1.86 bits per heavy atom. The van der Waals surface area contributed by atoms with Crippen LogP contribution in [0.2, 0.25) is 0 Å². The van der Waals surface area contributed by atoms with Crippen molar-refractivity contribution < 1.29 is 8.42 Å². The number of nitrogen functional groups attached to an aromatic ring is 1. The number of hydrogen-bond acceptors (Lipinski definition) is 6. The number of anilines is 2. The van der Waals surface area contributed by atoms with Gasteiger partial charge in [-0.05, 0) is 42.8 Å². The van der Waals surface area contributed by atoms with Crippen LogP contribution in [0.3, 0.4) is 0 Å². The van der Waals surface area contributed by atoms with Crippen LogP contribution >= 0.6 is 0 Å². The molecule has 1 heterocycles. The van der Waals surface area contributed by atoms with Crippen molar-refractivity contribution >= 4 is 21.3 Å². The Morgan fingerprint density at radius 3 is 2.27 bits per heavy atom. The molecule has 0 amide bonds. The summed E-state index contributed by atoms with van der Waals surface area (Å²) in [5.41, 5.74) is 7.83. The maximum atomic E-state index is 11.0. The molecule has 0 atom stereocenters. The average molecular weight is 318 g/mol. The molecule has 0 radical (unpaired) electrons. The van der Waals surface area contributed by atoms with Gasteiger partial charge in [-0.2, -0.15) is 5.26 Å². The number of nitrogens with one attached hydrogen (secondary N) is 1. The van der Waals surface area contributed by atoms with Crippen LogP contribution in [0.25, 0.3) is 0 Å². The monoisotopic (exact) mass is 318 g/mol. The molecule has 0 aliphatic rings. The molecular weight excluding hydrogens is 300 g/mol. The summed E-state index contributed by atoms with van der Waals surface area (Å²) in [6, 6.07) is 10.9. The van der Waals surface area contributed by atoms with Crippen molar-refractivity contribution in [2.45, 2.75) is 11.8 Å². The van der Waals surface area contributed by atoms with E-state index in [9.17, 15) is 8.42 Å². The predicted molar refractivity (Wildman–Crippen MR) is 87.2 cm³/mol. The van der Waals surface area contributed by atoms with Gasteiger partial charge in [0.05, 0.1) is 16.5 Å². The normalized spacial score (nSPS) is 10.1. The topological polar surface area (TPSA) is 109 Å². The molecule has 22 heavy (non-hydrogen) atoms. The van der Waals surface area contributed by atoms with Gasteiger partial charge < -0.3 is 11.1 Å². The van der Waals surface area contributed by atoms with Crippen molar-refractivity contribution in [2.75, 3.05) is 24.4 Å². The highest BCUT2D eigenvalue weighted by molar-refractivity contribution is 7.90. The Morgan fingerprint density at radius 1 is 1.27 bits per heavy atom. The third kappa shape index (κ3) is 5.07. The lowest BCUT2D eigenvalue weighted by Crippen LogP contribution is -2.01. The Balaban J connectivity index is 0.000000224. The third-order valence-electron chi connectivity index (χ3n) is 2.82. The third-order valence-corrected chi connectivity index (χ3v) is 3.90. The van der Waals surface area contributed by atoms with Gasteiger partial charge in [0.25, 0.3) is 0 Å². The summed E-state index contributed by atoms with van der Waals surface area (Å²) in [4.78, 5) is 3.95. The van der Waals surface area contributed by atoms with Crippen molar-refractivity contribution in [3.05, 3.63) is 47.7 Å². The van der Waals surface area contributed by atoms with Crippen LogP contribution in [-0.2, 0) is 9.84 Å². The van der Waals surface area contributed by atoms with Gasteiger partial charge in [-0.3, -0.25) is 0 Å². The number of sulfone groups is 1. The fraction of sp³-hybridized carbons (Fsp3) is 0.200. The molecule has 7 heteroatoms. The molecule has 1 aromatic carbocycles. The molecule has 0 saturated carbocycles. The summed E-state index contributed by atoms with van der Waals surface area (Å²) in [6.45, 7) is 1.72. The minimum absolute atomic E-state index is 0.203. The number of hydrogen-bond donors (Lipinski definition) is 2. The van der Waals surface area contributed by atoms with Crippen molar-refractivity contribution in [1.82, 2.24) is 4.98 Å². The summed E-state index contributed by atoms with van der Waals surface area (Å²) >= 11 is 0. The zero-order valence-corrected chi connectivity index (χ0v) is 13.5. The summed E-state index contributed by atoms with van der Waals surface area (Å²) < 4.78 is 22.0. The van der Waals surface area contributed by atoms with Crippen molar-refractivity contribution in [3.63, 3.8) is 0 Å². The Kier molecular flexibility index (Phi) is 5.90. The highest BCUT2D eigenvalue weighted by atomic mass is 32.2. The number of benzene rings is 1. The van der Waals surface area contributed by atoms with E-state index in [0.29, 0.717) is 16.9 Å². The molecule has 1 aromatic heterocycles. The van der Waals surface area contributed by atoms with Crippen molar-refractivity contribution in [1.29, 1.82) is 5.26 Å². The highest BCUT2D eigenvalue weighted by Gasteiger charge is 2.08. The lowest BCUT2D eigenvalue weighted by Gasteiger charge is -2.01. The van der Waals surface area contributed by atoms with Crippen LogP contribution in [0.4, 0.5) is 11.5 Å². The van der Waals surface area contributed by atoms with Gasteiger partial charge in [-0.1, -0.05) is 0 Å². The first kappa shape index (κ1) is 17.5. The second kappa shape index (κ2) is 7.43. The molecule has 0 spiro atoms. The number of aromatic nitrogens is 1. The Bertz CT molecular complexity index is 778. The number of nitrogens with two attached hydrogens (primary N) is 1. The molecule has 0 saturated heterocycles. The average Bonchev–Trinajstić information content (AvgIpc) is 2.49. The lowest BCUT2D eigenvalue weighted by atomic mass is 10.2. The van der Waals surface area contributed by atoms with E-state index in [2.05, 4.69) is 16.4 Å². The smallest absolute Gasteiger partial charge is 0.177 e. The number of nitriles is 1. The standard InChI is InChI=1S/C8H8N2.C7H10N2O2S/c1-10-8-4-2-7(6-9)3-5-8;1-5-3-6(12(2,10)11)4-9-7(5)8/h2-5,10H,1H3;3-4H,1-2H3,(H2,8,9). The van der Waals surface area contributed by atoms with Gasteiger partial charge in [0.2, 0.25) is 0 Å². The predicted octanol–water partition coefficient (Wildman–Crippen LogP) is 1.98.